The van der Waals surface area contributed by atoms with E-state index in [1.165, 1.54) is 6.07 Å². The molecular weight excluding hydrogens is 319 g/mol. The molecule has 2 heterocycles. The van der Waals surface area contributed by atoms with Crippen LogP contribution in [0.25, 0.3) is 0 Å². The van der Waals surface area contributed by atoms with Crippen molar-refractivity contribution in [1.29, 1.82) is 0 Å². The van der Waals surface area contributed by atoms with Gasteiger partial charge in [-0.3, -0.25) is 9.69 Å². The van der Waals surface area contributed by atoms with Crippen LogP contribution in [0.2, 0.25) is 0 Å². The lowest BCUT2D eigenvalue weighted by molar-refractivity contribution is -0.143. The van der Waals surface area contributed by atoms with Crippen molar-refractivity contribution in [3.63, 3.8) is 0 Å². The molecule has 1 N–H and O–H groups in total. The fraction of sp³-hybridized carbons (Fsp3) is 0.650. The molecule has 0 aliphatic carbocycles. The number of hydrogen-bond acceptors (Lipinski definition) is 3. The highest BCUT2D eigenvalue weighted by Gasteiger charge is 2.38. The van der Waals surface area contributed by atoms with E-state index in [-0.39, 0.29) is 17.6 Å². The Morgan fingerprint density at radius 3 is 2.52 bits per heavy atom. The summed E-state index contributed by atoms with van der Waals surface area (Å²) in [6, 6.07) is 5.30. The first kappa shape index (κ1) is 18.3. The summed E-state index contributed by atoms with van der Waals surface area (Å²) in [6.07, 6.45) is 1.80. The maximum atomic E-state index is 13.8. The van der Waals surface area contributed by atoms with E-state index in [1.807, 2.05) is 17.9 Å². The predicted molar refractivity (Wildman–Crippen MR) is 95.9 cm³/mol. The van der Waals surface area contributed by atoms with Crippen molar-refractivity contribution in [2.75, 3.05) is 32.7 Å². The quantitative estimate of drug-likeness (QED) is 0.909. The molecule has 2 aliphatic rings. The summed E-state index contributed by atoms with van der Waals surface area (Å²) in [5.41, 5.74) is 1.12. The molecule has 0 bridgehead atoms. The second-order valence-electron chi connectivity index (χ2n) is 8.26. The van der Waals surface area contributed by atoms with E-state index in [1.54, 1.807) is 19.9 Å². The Hall–Kier alpha value is -1.46. The third kappa shape index (κ3) is 4.21. The van der Waals surface area contributed by atoms with Crippen LogP contribution in [0.1, 0.15) is 43.7 Å². The molecule has 0 spiro atoms. The van der Waals surface area contributed by atoms with Crippen molar-refractivity contribution in [2.45, 2.75) is 45.1 Å². The average molecular weight is 348 g/mol. The molecular formula is C20H29FN2O2. The monoisotopic (exact) mass is 348 g/mol. The van der Waals surface area contributed by atoms with E-state index < -0.39 is 5.60 Å². The van der Waals surface area contributed by atoms with Crippen molar-refractivity contribution < 1.29 is 14.3 Å². The van der Waals surface area contributed by atoms with Gasteiger partial charge in [0.1, 0.15) is 5.82 Å². The van der Waals surface area contributed by atoms with E-state index in [4.69, 9.17) is 0 Å². The van der Waals surface area contributed by atoms with E-state index in [9.17, 15) is 14.3 Å². The average Bonchev–Trinajstić information content (AvgIpc) is 2.52. The number of amides is 1. The van der Waals surface area contributed by atoms with Gasteiger partial charge in [-0.25, -0.2) is 4.39 Å². The van der Waals surface area contributed by atoms with Gasteiger partial charge in [0.15, 0.2) is 0 Å². The van der Waals surface area contributed by atoms with Crippen LogP contribution >= 0.6 is 0 Å². The lowest BCUT2D eigenvalue weighted by Gasteiger charge is -2.44. The topological polar surface area (TPSA) is 43.8 Å². The summed E-state index contributed by atoms with van der Waals surface area (Å²) >= 11 is 0. The SMILES string of the molecule is Cc1c(F)cccc1C1CCN(C(=O)C2CN(CC(C)(C)O)C2)CC1. The van der Waals surface area contributed by atoms with Gasteiger partial charge in [-0.1, -0.05) is 12.1 Å². The number of likely N-dealkylation sites (tertiary alicyclic amines) is 2. The van der Waals surface area contributed by atoms with Crippen LogP contribution in [0.3, 0.4) is 0 Å². The molecule has 2 aliphatic heterocycles. The fourth-order valence-electron chi connectivity index (χ4n) is 4.14. The smallest absolute Gasteiger partial charge is 0.228 e. The minimum atomic E-state index is -0.713. The van der Waals surface area contributed by atoms with Crippen molar-refractivity contribution in [3.8, 4) is 0 Å². The number of piperidine rings is 1. The number of hydrogen-bond donors (Lipinski definition) is 1. The number of halogens is 1. The standard InChI is InChI=1S/C20H29FN2O2/c1-14-17(5-4-6-18(14)21)15-7-9-23(10-8-15)19(24)16-11-22(12-16)13-20(2,3)25/h4-6,15-16,25H,7-13H2,1-3H3. The van der Waals surface area contributed by atoms with Gasteiger partial charge in [0.05, 0.1) is 11.5 Å². The summed E-state index contributed by atoms with van der Waals surface area (Å²) < 4.78 is 13.8. The normalized spacial score (nSPS) is 20.6. The first-order chi connectivity index (χ1) is 11.7. The van der Waals surface area contributed by atoms with Gasteiger partial charge in [0.25, 0.3) is 0 Å². The Labute approximate surface area is 149 Å². The molecule has 0 unspecified atom stereocenters. The Balaban J connectivity index is 1.50. The number of nitrogens with zero attached hydrogens (tertiary/aromatic N) is 2. The van der Waals surface area contributed by atoms with Gasteiger partial charge < -0.3 is 10.0 Å². The predicted octanol–water partition coefficient (Wildman–Crippen LogP) is 2.54. The van der Waals surface area contributed by atoms with E-state index >= 15 is 0 Å². The van der Waals surface area contributed by atoms with Crippen molar-refractivity contribution in [2.24, 2.45) is 5.92 Å². The molecule has 1 aromatic carbocycles. The molecule has 0 atom stereocenters. The minimum absolute atomic E-state index is 0.0646. The summed E-state index contributed by atoms with van der Waals surface area (Å²) in [5, 5.41) is 9.84. The van der Waals surface area contributed by atoms with Gasteiger partial charge >= 0.3 is 0 Å². The van der Waals surface area contributed by atoms with E-state index in [0.717, 1.165) is 50.1 Å². The summed E-state index contributed by atoms with van der Waals surface area (Å²) in [7, 11) is 0. The van der Waals surface area contributed by atoms with Crippen LogP contribution < -0.4 is 0 Å². The Bertz CT molecular complexity index is 627. The number of carbonyl (C=O) groups is 1. The first-order valence-electron chi connectivity index (χ1n) is 9.23. The molecule has 0 saturated carbocycles. The largest absolute Gasteiger partial charge is 0.389 e. The summed E-state index contributed by atoms with van der Waals surface area (Å²) in [5.74, 6) is 0.501. The lowest BCUT2D eigenvalue weighted by Crippen LogP contribution is -2.58. The summed E-state index contributed by atoms with van der Waals surface area (Å²) in [4.78, 5) is 16.7. The molecule has 138 valence electrons. The molecule has 3 rings (SSSR count). The molecule has 1 amide bonds. The molecule has 1 aromatic rings. The third-order valence-corrected chi connectivity index (χ3v) is 5.47. The highest BCUT2D eigenvalue weighted by atomic mass is 19.1. The van der Waals surface area contributed by atoms with Crippen molar-refractivity contribution in [3.05, 3.63) is 35.1 Å². The number of rotatable bonds is 4. The van der Waals surface area contributed by atoms with Gasteiger partial charge in [-0.2, -0.15) is 0 Å². The Morgan fingerprint density at radius 2 is 1.92 bits per heavy atom. The number of benzene rings is 1. The Morgan fingerprint density at radius 1 is 1.28 bits per heavy atom. The van der Waals surface area contributed by atoms with Crippen molar-refractivity contribution >= 4 is 5.91 Å². The van der Waals surface area contributed by atoms with E-state index in [2.05, 4.69) is 4.90 Å². The van der Waals surface area contributed by atoms with Crippen LogP contribution in [0.15, 0.2) is 18.2 Å². The number of carbonyl (C=O) groups excluding carboxylic acids is 1. The Kier molecular flexibility index (Phi) is 5.16. The number of aliphatic hydroxyl groups is 1. The minimum Gasteiger partial charge on any atom is -0.389 e. The van der Waals surface area contributed by atoms with Gasteiger partial charge in [0.2, 0.25) is 5.91 Å². The summed E-state index contributed by atoms with van der Waals surface area (Å²) in [6.45, 7) is 9.02. The zero-order chi connectivity index (χ0) is 18.2. The van der Waals surface area contributed by atoms with Crippen LogP contribution in [-0.2, 0) is 4.79 Å². The highest BCUT2D eigenvalue weighted by Crippen LogP contribution is 2.32. The highest BCUT2D eigenvalue weighted by molar-refractivity contribution is 5.80. The maximum absolute atomic E-state index is 13.8. The molecule has 2 saturated heterocycles. The first-order valence-corrected chi connectivity index (χ1v) is 9.23. The maximum Gasteiger partial charge on any atom is 0.228 e. The van der Waals surface area contributed by atoms with Gasteiger partial charge in [-0.05, 0) is 56.7 Å². The third-order valence-electron chi connectivity index (χ3n) is 5.47. The second-order valence-corrected chi connectivity index (χ2v) is 8.26. The molecule has 4 nitrogen and oxygen atoms in total. The zero-order valence-electron chi connectivity index (χ0n) is 15.5. The molecule has 2 fully saturated rings. The zero-order valence-corrected chi connectivity index (χ0v) is 15.5. The van der Waals surface area contributed by atoms with Crippen LogP contribution in [-0.4, -0.2) is 59.1 Å². The number of β-amino-alcohol motifs (C(OH)–C–C–N with tert-alkyl or cyclic N) is 1. The molecule has 0 radical (unpaired) electrons. The molecule has 25 heavy (non-hydrogen) atoms. The fourth-order valence-corrected chi connectivity index (χ4v) is 4.14. The van der Waals surface area contributed by atoms with E-state index in [0.29, 0.717) is 12.5 Å². The lowest BCUT2D eigenvalue weighted by atomic mass is 9.86. The molecule has 5 heteroatoms. The van der Waals surface area contributed by atoms with Gasteiger partial charge in [0, 0.05) is 32.7 Å². The van der Waals surface area contributed by atoms with Gasteiger partial charge in [-0.15, -0.1) is 0 Å². The van der Waals surface area contributed by atoms with Crippen LogP contribution in [0.5, 0.6) is 0 Å². The molecule has 0 aromatic heterocycles. The second kappa shape index (κ2) is 7.04. The van der Waals surface area contributed by atoms with Crippen molar-refractivity contribution in [1.82, 2.24) is 9.80 Å². The van der Waals surface area contributed by atoms with Crippen LogP contribution in [0.4, 0.5) is 4.39 Å². The van der Waals surface area contributed by atoms with Crippen LogP contribution in [0, 0.1) is 18.7 Å².